The third-order valence-corrected chi connectivity index (χ3v) is 8.54. The number of carboxylic acid groups (broad SMARTS) is 1. The number of piperidine rings is 1. The van der Waals surface area contributed by atoms with Gasteiger partial charge in [0, 0.05) is 42.0 Å². The number of aliphatic carboxylic acids is 1. The number of fused-ring (bicyclic) bond motifs is 6. The molecule has 1 fully saturated rings. The fourth-order valence-electron chi connectivity index (χ4n) is 6.20. The first-order chi connectivity index (χ1) is 21.8. The molecule has 10 heteroatoms. The van der Waals surface area contributed by atoms with E-state index in [0.29, 0.717) is 53.9 Å². The number of aryl methyl sites for hydroxylation is 1. The number of rotatable bonds is 3. The van der Waals surface area contributed by atoms with E-state index >= 15 is 0 Å². The highest BCUT2D eigenvalue weighted by Crippen LogP contribution is 2.39. The number of ether oxygens (including phenoxy) is 3. The monoisotopic (exact) mass is 628 g/mol. The maximum Gasteiger partial charge on any atom is 0.337 e. The first-order valence-corrected chi connectivity index (χ1v) is 15.7. The van der Waals surface area contributed by atoms with Crippen molar-refractivity contribution in [1.29, 1.82) is 0 Å². The molecule has 9 nitrogen and oxygen atoms in total. The molecule has 2 atom stereocenters. The minimum absolute atomic E-state index is 0.315. The second-order valence-electron chi connectivity index (χ2n) is 13.4. The van der Waals surface area contributed by atoms with Gasteiger partial charge in [-0.05, 0) is 84.2 Å². The van der Waals surface area contributed by atoms with Crippen molar-refractivity contribution in [3.63, 3.8) is 0 Å². The molecule has 0 radical (unpaired) electrons. The number of carboxylic acids is 1. The highest BCUT2D eigenvalue weighted by Gasteiger charge is 2.37. The number of anilines is 1. The lowest BCUT2D eigenvalue weighted by Gasteiger charge is -2.41. The number of nitrogens with zero attached hydrogens (tertiary/aromatic N) is 4. The Labute approximate surface area is 268 Å². The van der Waals surface area contributed by atoms with Crippen LogP contribution in [0.5, 0.6) is 5.75 Å². The van der Waals surface area contributed by atoms with Crippen LogP contribution in [0.2, 0.25) is 0 Å². The number of benzene rings is 2. The molecule has 1 N–H and O–H groups in total. The van der Waals surface area contributed by atoms with Gasteiger partial charge in [-0.1, -0.05) is 24.3 Å². The summed E-state index contributed by atoms with van der Waals surface area (Å²) in [5, 5.41) is 15.5. The Bertz CT molecular complexity index is 1800. The molecular formula is C36H41FN4O5. The molecule has 0 amide bonds. The van der Waals surface area contributed by atoms with Crippen molar-refractivity contribution in [2.24, 2.45) is 0 Å². The molecule has 5 heterocycles. The lowest BCUT2D eigenvalue weighted by molar-refractivity contribution is -0.160. The molecule has 0 spiro atoms. The van der Waals surface area contributed by atoms with Gasteiger partial charge in [-0.25, -0.2) is 14.2 Å². The molecule has 0 aliphatic carbocycles. The Morgan fingerprint density at radius 2 is 1.87 bits per heavy atom. The summed E-state index contributed by atoms with van der Waals surface area (Å²) in [7, 11) is 0. The van der Waals surface area contributed by atoms with Gasteiger partial charge in [0.1, 0.15) is 23.5 Å². The van der Waals surface area contributed by atoms with Gasteiger partial charge in [0.25, 0.3) is 0 Å². The summed E-state index contributed by atoms with van der Waals surface area (Å²) in [6.07, 6.45) is 3.73. The minimum Gasteiger partial charge on any atom is -0.486 e. The van der Waals surface area contributed by atoms with Crippen molar-refractivity contribution in [3.8, 4) is 28.1 Å². The van der Waals surface area contributed by atoms with Crippen LogP contribution < -0.4 is 9.64 Å². The van der Waals surface area contributed by atoms with E-state index in [1.54, 1.807) is 10.6 Å². The first kappa shape index (κ1) is 31.7. The first-order valence-electron chi connectivity index (χ1n) is 15.7. The van der Waals surface area contributed by atoms with Crippen molar-refractivity contribution in [2.45, 2.75) is 77.8 Å². The van der Waals surface area contributed by atoms with Gasteiger partial charge in [-0.3, -0.25) is 0 Å². The van der Waals surface area contributed by atoms with Gasteiger partial charge in [-0.15, -0.1) is 0 Å². The van der Waals surface area contributed by atoms with Gasteiger partial charge in [0.05, 0.1) is 29.1 Å². The van der Waals surface area contributed by atoms with Gasteiger partial charge in [0.2, 0.25) is 0 Å². The number of hydrogen-bond donors (Lipinski definition) is 1. The summed E-state index contributed by atoms with van der Waals surface area (Å²) < 4.78 is 34.9. The third-order valence-electron chi connectivity index (χ3n) is 8.54. The molecule has 6 bridgehead atoms. The SMILES string of the molecule is Cc1nc2cc3nn2c(c1[C@H](OC(C)(C)C)C(=O)O)N1CCC(C)(CC1)OC/C=C\C(C)Oc1cc(F)ccc1-c1cccc-3c1. The van der Waals surface area contributed by atoms with Crippen LogP contribution in [0, 0.1) is 12.7 Å². The largest absolute Gasteiger partial charge is 0.486 e. The van der Waals surface area contributed by atoms with E-state index in [2.05, 4.69) is 11.8 Å². The van der Waals surface area contributed by atoms with Crippen LogP contribution in [0.4, 0.5) is 10.2 Å². The maximum atomic E-state index is 14.4. The van der Waals surface area contributed by atoms with Crippen LogP contribution in [0.1, 0.15) is 64.8 Å². The average molecular weight is 629 g/mol. The lowest BCUT2D eigenvalue weighted by Crippen LogP contribution is -2.45. The van der Waals surface area contributed by atoms with Gasteiger partial charge in [-0.2, -0.15) is 9.61 Å². The van der Waals surface area contributed by atoms with Gasteiger partial charge in [0.15, 0.2) is 11.8 Å². The minimum atomic E-state index is -1.25. The van der Waals surface area contributed by atoms with E-state index in [9.17, 15) is 14.3 Å². The number of aromatic nitrogens is 3. The zero-order valence-corrected chi connectivity index (χ0v) is 27.2. The van der Waals surface area contributed by atoms with Crippen molar-refractivity contribution in [2.75, 3.05) is 24.6 Å². The van der Waals surface area contributed by atoms with E-state index in [4.69, 9.17) is 24.3 Å². The van der Waals surface area contributed by atoms with Crippen LogP contribution in [0.25, 0.3) is 28.0 Å². The molecular weight excluding hydrogens is 587 g/mol. The standard InChI is InChI=1S/C36H41FN4O5/c1-22-9-8-18-44-36(6)14-16-40(17-15-36)33-31(32(34(42)43)46-35(3,4)5)23(2)38-30-21-28(39-41(30)33)25-11-7-10-24(19-25)27-13-12-26(37)20-29(27)45-22/h7-13,19-22,32H,14-18H2,1-6H3,(H,42,43)/b9-8-/t22?,32-/m0/s1. The molecule has 1 saturated heterocycles. The van der Waals surface area contributed by atoms with E-state index in [0.717, 1.165) is 29.5 Å². The van der Waals surface area contributed by atoms with Crippen LogP contribution >= 0.6 is 0 Å². The van der Waals surface area contributed by atoms with Crippen molar-refractivity contribution in [3.05, 3.63) is 77.8 Å². The van der Waals surface area contributed by atoms with Crippen molar-refractivity contribution in [1.82, 2.24) is 14.6 Å². The fourth-order valence-corrected chi connectivity index (χ4v) is 6.20. The summed E-state index contributed by atoms with van der Waals surface area (Å²) in [5.41, 5.74) is 3.63. The van der Waals surface area contributed by atoms with E-state index in [1.807, 2.05) is 77.1 Å². The summed E-state index contributed by atoms with van der Waals surface area (Å²) in [6, 6.07) is 14.3. The Kier molecular flexibility index (Phi) is 8.37. The van der Waals surface area contributed by atoms with Crippen LogP contribution in [0.15, 0.2) is 60.7 Å². The van der Waals surface area contributed by atoms with Gasteiger partial charge < -0.3 is 24.2 Å². The summed E-state index contributed by atoms with van der Waals surface area (Å²) in [6.45, 7) is 13.0. The third kappa shape index (κ3) is 6.50. The Hall–Kier alpha value is -4.28. The molecule has 0 saturated carbocycles. The quantitative estimate of drug-likeness (QED) is 0.239. The predicted octanol–water partition coefficient (Wildman–Crippen LogP) is 7.16. The summed E-state index contributed by atoms with van der Waals surface area (Å²) in [5.74, 6) is -0.380. The maximum absolute atomic E-state index is 14.4. The molecule has 2 aromatic carbocycles. The van der Waals surface area contributed by atoms with E-state index < -0.39 is 17.7 Å². The summed E-state index contributed by atoms with van der Waals surface area (Å²) in [4.78, 5) is 19.8. The normalized spacial score (nSPS) is 21.6. The fraction of sp³-hybridized carbons (Fsp3) is 0.417. The number of hydrogen-bond acceptors (Lipinski definition) is 7. The second kappa shape index (κ2) is 12.1. The number of halogens is 1. The van der Waals surface area contributed by atoms with Crippen molar-refractivity contribution >= 4 is 17.4 Å². The molecule has 242 valence electrons. The topological polar surface area (TPSA) is 98.4 Å². The average Bonchev–Trinajstić information content (AvgIpc) is 3.41. The lowest BCUT2D eigenvalue weighted by atomic mass is 9.92. The van der Waals surface area contributed by atoms with Crippen molar-refractivity contribution < 1.29 is 28.5 Å². The van der Waals surface area contributed by atoms with Crippen LogP contribution in [-0.2, 0) is 14.3 Å². The molecule has 3 aliphatic heterocycles. The zero-order chi connectivity index (χ0) is 32.8. The Balaban J connectivity index is 1.56. The van der Waals surface area contributed by atoms with E-state index in [-0.39, 0.29) is 17.5 Å². The Morgan fingerprint density at radius 3 is 2.59 bits per heavy atom. The predicted molar refractivity (Wildman–Crippen MR) is 175 cm³/mol. The Morgan fingerprint density at radius 1 is 1.13 bits per heavy atom. The van der Waals surface area contributed by atoms with Crippen LogP contribution in [-0.4, -0.2) is 62.7 Å². The van der Waals surface area contributed by atoms with Gasteiger partial charge >= 0.3 is 5.97 Å². The van der Waals surface area contributed by atoms with E-state index in [1.165, 1.54) is 12.1 Å². The molecule has 4 aromatic rings. The molecule has 46 heavy (non-hydrogen) atoms. The smallest absolute Gasteiger partial charge is 0.337 e. The molecule has 7 rings (SSSR count). The second-order valence-corrected chi connectivity index (χ2v) is 13.4. The molecule has 1 unspecified atom stereocenters. The highest BCUT2D eigenvalue weighted by molar-refractivity contribution is 5.80. The highest BCUT2D eigenvalue weighted by atomic mass is 19.1. The summed E-state index contributed by atoms with van der Waals surface area (Å²) >= 11 is 0. The molecule has 2 aromatic heterocycles. The number of carbonyl (C=O) groups is 1. The molecule has 3 aliphatic rings. The van der Waals surface area contributed by atoms with Crippen LogP contribution in [0.3, 0.4) is 0 Å². The zero-order valence-electron chi connectivity index (χ0n) is 27.2.